The summed E-state index contributed by atoms with van der Waals surface area (Å²) in [6, 6.07) is 11.7. The van der Waals surface area contributed by atoms with Gasteiger partial charge in [-0.2, -0.15) is 0 Å². The maximum Gasteiger partial charge on any atom is 0.191 e. The molecule has 0 bridgehead atoms. The normalized spacial score (nSPS) is 18.4. The van der Waals surface area contributed by atoms with Crippen molar-refractivity contribution in [2.24, 2.45) is 7.05 Å². The number of rotatable bonds is 2. The van der Waals surface area contributed by atoms with E-state index in [1.807, 2.05) is 25.1 Å². The Morgan fingerprint density at radius 3 is 2.77 bits per heavy atom. The van der Waals surface area contributed by atoms with Crippen molar-refractivity contribution < 1.29 is 9.13 Å². The van der Waals surface area contributed by atoms with Gasteiger partial charge >= 0.3 is 0 Å². The van der Waals surface area contributed by atoms with Crippen LogP contribution in [0.25, 0.3) is 10.9 Å². The van der Waals surface area contributed by atoms with E-state index in [0.717, 1.165) is 48.5 Å². The summed E-state index contributed by atoms with van der Waals surface area (Å²) in [5.41, 5.74) is 6.15. The van der Waals surface area contributed by atoms with Gasteiger partial charge in [-0.05, 0) is 66.8 Å². The van der Waals surface area contributed by atoms with Gasteiger partial charge in [-0.25, -0.2) is 4.39 Å². The third-order valence-corrected chi connectivity index (χ3v) is 6.56. The minimum atomic E-state index is -0.163. The number of hydrogen-bond donors (Lipinski definition) is 0. The topological polar surface area (TPSA) is 20.6 Å². The lowest BCUT2D eigenvalue weighted by atomic mass is 9.96. The van der Waals surface area contributed by atoms with Crippen LogP contribution in [0.15, 0.2) is 48.4 Å². The van der Waals surface area contributed by atoms with Crippen molar-refractivity contribution in [1.29, 1.82) is 0 Å². The highest BCUT2D eigenvalue weighted by molar-refractivity contribution is 5.86. The summed E-state index contributed by atoms with van der Waals surface area (Å²) in [6.45, 7) is 4.02. The quantitative estimate of drug-likeness (QED) is 0.587. The van der Waals surface area contributed by atoms with Crippen molar-refractivity contribution in [2.75, 3.05) is 25.5 Å². The number of hydrogen-bond acceptors (Lipinski definition) is 3. The molecule has 0 spiro atoms. The zero-order chi connectivity index (χ0) is 21.0. The number of ether oxygens (including phenoxy) is 1. The summed E-state index contributed by atoms with van der Waals surface area (Å²) in [4.78, 5) is 4.44. The fourth-order valence-electron chi connectivity index (χ4n) is 4.80. The van der Waals surface area contributed by atoms with Gasteiger partial charge in [0.05, 0.1) is 6.54 Å². The number of aromatic nitrogens is 1. The van der Waals surface area contributed by atoms with E-state index in [1.54, 1.807) is 12.1 Å². The Bertz CT molecular complexity index is 1160. The Morgan fingerprint density at radius 2 is 1.97 bits per heavy atom. The average molecular weight is 406 g/mol. The van der Waals surface area contributed by atoms with Crippen molar-refractivity contribution in [3.05, 3.63) is 71.0 Å². The van der Waals surface area contributed by atoms with E-state index in [9.17, 15) is 4.39 Å². The molecule has 0 saturated carbocycles. The van der Waals surface area contributed by atoms with Crippen LogP contribution in [0, 0.1) is 5.82 Å². The molecule has 2 aromatic carbocycles. The van der Waals surface area contributed by atoms with E-state index >= 15 is 0 Å². The van der Waals surface area contributed by atoms with Gasteiger partial charge in [0.2, 0.25) is 0 Å². The molecule has 2 aliphatic rings. The SMILES string of the molecule is CC1CC=C(N(C)C)Oc2ccc(N3CCc4c(n(C)c5ccc(F)cc45)C3)cc21. The fraction of sp³-hybridized carbons (Fsp3) is 0.360. The number of halogens is 1. The summed E-state index contributed by atoms with van der Waals surface area (Å²) in [5.74, 6) is 2.09. The largest absolute Gasteiger partial charge is 0.441 e. The zero-order valence-electron chi connectivity index (χ0n) is 18.1. The molecular weight excluding hydrogens is 377 g/mol. The number of nitrogens with zero attached hydrogens (tertiary/aromatic N) is 3. The first-order chi connectivity index (χ1) is 14.4. The van der Waals surface area contributed by atoms with Gasteiger partial charge in [-0.3, -0.25) is 0 Å². The number of fused-ring (bicyclic) bond motifs is 4. The highest BCUT2D eigenvalue weighted by Crippen LogP contribution is 2.38. The van der Waals surface area contributed by atoms with E-state index in [1.165, 1.54) is 22.5 Å². The van der Waals surface area contributed by atoms with Crippen LogP contribution >= 0.6 is 0 Å². The van der Waals surface area contributed by atoms with Crippen molar-refractivity contribution >= 4 is 16.6 Å². The van der Waals surface area contributed by atoms with Crippen LogP contribution in [0.2, 0.25) is 0 Å². The first kappa shape index (κ1) is 19.0. The summed E-state index contributed by atoms with van der Waals surface area (Å²) < 4.78 is 22.2. The molecule has 1 atom stereocenters. The van der Waals surface area contributed by atoms with E-state index in [4.69, 9.17) is 4.74 Å². The summed E-state index contributed by atoms with van der Waals surface area (Å²) >= 11 is 0. The lowest BCUT2D eigenvalue weighted by molar-refractivity contribution is 0.280. The van der Waals surface area contributed by atoms with Crippen LogP contribution in [0.5, 0.6) is 5.75 Å². The predicted octanol–water partition coefficient (Wildman–Crippen LogP) is 5.17. The van der Waals surface area contributed by atoms with Gasteiger partial charge in [0, 0.05) is 55.5 Å². The molecule has 1 unspecified atom stereocenters. The molecule has 0 N–H and O–H groups in total. The van der Waals surface area contributed by atoms with Crippen LogP contribution < -0.4 is 9.64 Å². The molecule has 3 aromatic rings. The molecule has 1 aromatic heterocycles. The number of allylic oxidation sites excluding steroid dienone is 1. The Labute approximate surface area is 177 Å². The third kappa shape index (κ3) is 3.04. The molecule has 0 amide bonds. The van der Waals surface area contributed by atoms with Crippen LogP contribution in [0.3, 0.4) is 0 Å². The standard InChI is InChI=1S/C25H28FN3O/c1-16-5-10-25(27(2)3)30-24-9-7-18(14-20(16)24)29-12-11-19-21-13-17(26)6-8-22(21)28(4)23(19)15-29/h6-10,13-14,16H,5,11-12,15H2,1-4H3. The van der Waals surface area contributed by atoms with Crippen molar-refractivity contribution in [1.82, 2.24) is 9.47 Å². The Hall–Kier alpha value is -2.95. The van der Waals surface area contributed by atoms with Crippen LogP contribution in [0.4, 0.5) is 10.1 Å². The minimum Gasteiger partial charge on any atom is -0.441 e. The molecule has 0 aliphatic carbocycles. The molecular formula is C25H28FN3O. The second-order valence-electron chi connectivity index (χ2n) is 8.72. The van der Waals surface area contributed by atoms with Gasteiger partial charge < -0.3 is 19.1 Å². The maximum atomic E-state index is 13.8. The van der Waals surface area contributed by atoms with E-state index in [-0.39, 0.29) is 5.82 Å². The number of benzene rings is 2. The van der Waals surface area contributed by atoms with Crippen molar-refractivity contribution in [3.63, 3.8) is 0 Å². The summed E-state index contributed by atoms with van der Waals surface area (Å²) in [7, 11) is 6.11. The second-order valence-corrected chi connectivity index (χ2v) is 8.72. The van der Waals surface area contributed by atoms with Gasteiger partial charge in [0.1, 0.15) is 11.6 Å². The second kappa shape index (κ2) is 7.08. The van der Waals surface area contributed by atoms with Crippen molar-refractivity contribution in [2.45, 2.75) is 32.2 Å². The monoisotopic (exact) mass is 405 g/mol. The molecule has 0 radical (unpaired) electrons. The Morgan fingerprint density at radius 1 is 1.13 bits per heavy atom. The molecule has 4 nitrogen and oxygen atoms in total. The van der Waals surface area contributed by atoms with Crippen LogP contribution in [-0.2, 0) is 20.0 Å². The molecule has 3 heterocycles. The minimum absolute atomic E-state index is 0.163. The smallest absolute Gasteiger partial charge is 0.191 e. The van der Waals surface area contributed by atoms with E-state index in [2.05, 4.69) is 47.7 Å². The average Bonchev–Trinajstić information content (AvgIpc) is 2.89. The van der Waals surface area contributed by atoms with Gasteiger partial charge in [0.25, 0.3) is 0 Å². The summed E-state index contributed by atoms with van der Waals surface area (Å²) in [5, 5.41) is 1.05. The number of anilines is 1. The molecule has 2 aliphatic heterocycles. The number of aryl methyl sites for hydroxylation is 1. The Balaban J connectivity index is 1.48. The molecule has 5 rings (SSSR count). The molecule has 30 heavy (non-hydrogen) atoms. The third-order valence-electron chi connectivity index (χ3n) is 6.56. The zero-order valence-corrected chi connectivity index (χ0v) is 18.1. The lowest BCUT2D eigenvalue weighted by Gasteiger charge is -2.31. The molecule has 5 heteroatoms. The first-order valence-corrected chi connectivity index (χ1v) is 10.6. The Kier molecular flexibility index (Phi) is 4.49. The van der Waals surface area contributed by atoms with Crippen LogP contribution in [-0.4, -0.2) is 30.1 Å². The van der Waals surface area contributed by atoms with E-state index < -0.39 is 0 Å². The molecule has 0 saturated heterocycles. The molecule has 156 valence electrons. The van der Waals surface area contributed by atoms with Gasteiger partial charge in [0.15, 0.2) is 5.88 Å². The highest BCUT2D eigenvalue weighted by atomic mass is 19.1. The van der Waals surface area contributed by atoms with Gasteiger partial charge in [-0.15, -0.1) is 0 Å². The van der Waals surface area contributed by atoms with Crippen LogP contribution in [0.1, 0.15) is 36.1 Å². The fourth-order valence-corrected chi connectivity index (χ4v) is 4.80. The lowest BCUT2D eigenvalue weighted by Crippen LogP contribution is -2.31. The van der Waals surface area contributed by atoms with Crippen molar-refractivity contribution in [3.8, 4) is 5.75 Å². The summed E-state index contributed by atoms with van der Waals surface area (Å²) in [6.07, 6.45) is 4.06. The van der Waals surface area contributed by atoms with Gasteiger partial charge in [-0.1, -0.05) is 6.92 Å². The molecule has 0 fully saturated rings. The maximum absolute atomic E-state index is 13.8. The predicted molar refractivity (Wildman–Crippen MR) is 120 cm³/mol. The first-order valence-electron chi connectivity index (χ1n) is 10.6. The highest BCUT2D eigenvalue weighted by Gasteiger charge is 2.25. The van der Waals surface area contributed by atoms with E-state index in [0.29, 0.717) is 5.92 Å².